The molecule has 1 atom stereocenters. The molecule has 0 radical (unpaired) electrons. The van der Waals surface area contributed by atoms with Gasteiger partial charge in [-0.2, -0.15) is 26.3 Å². The van der Waals surface area contributed by atoms with E-state index in [0.717, 1.165) is 12.1 Å². The minimum Gasteiger partial charge on any atom is -0.377 e. The Balaban J connectivity index is 0.000000555. The lowest BCUT2D eigenvalue weighted by Crippen LogP contribution is -2.06. The Hall–Kier alpha value is -1.24. The molecule has 0 amide bonds. The van der Waals surface area contributed by atoms with Crippen molar-refractivity contribution in [3.63, 3.8) is 0 Å². The van der Waals surface area contributed by atoms with Crippen molar-refractivity contribution in [2.24, 2.45) is 0 Å². The first-order valence-electron chi connectivity index (χ1n) is 5.22. The van der Waals surface area contributed by atoms with Crippen molar-refractivity contribution < 1.29 is 31.1 Å². The molecule has 0 spiro atoms. The fraction of sp³-hybridized carbons (Fsp3) is 0.500. The van der Waals surface area contributed by atoms with Crippen LogP contribution >= 0.6 is 0 Å². The number of hydrogen-bond acceptors (Lipinski definition) is 1. The molecule has 1 rings (SSSR count). The van der Waals surface area contributed by atoms with E-state index in [9.17, 15) is 26.3 Å². The average Bonchev–Trinajstić information content (AvgIpc) is 2.25. The lowest BCUT2D eigenvalue weighted by atomic mass is 10.1. The normalized spacial score (nSPS) is 13.5. The number of hydrogen-bond donors (Lipinski definition) is 0. The van der Waals surface area contributed by atoms with Crippen LogP contribution < -0.4 is 0 Å². The van der Waals surface area contributed by atoms with Crippen LogP contribution in [0.5, 0.6) is 0 Å². The van der Waals surface area contributed by atoms with E-state index >= 15 is 0 Å². The summed E-state index contributed by atoms with van der Waals surface area (Å²) in [6.07, 6.45) is -8.61. The molecule has 110 valence electrons. The van der Waals surface area contributed by atoms with E-state index in [1.54, 1.807) is 13.0 Å². The zero-order valence-corrected chi connectivity index (χ0v) is 10.6. The largest absolute Gasteiger partial charge is 0.416 e. The summed E-state index contributed by atoms with van der Waals surface area (Å²) < 4.78 is 72.9. The zero-order valence-electron chi connectivity index (χ0n) is 10.6. The molecule has 0 fully saturated rings. The van der Waals surface area contributed by atoms with E-state index in [4.69, 9.17) is 4.74 Å². The quantitative estimate of drug-likeness (QED) is 0.697. The van der Waals surface area contributed by atoms with Gasteiger partial charge in [-0.1, -0.05) is 12.1 Å². The molecule has 0 heterocycles. The SMILES string of the molecule is CC(F)(F)F.COC(C)c1cccc(C(F)(F)F)c1. The molecular formula is C12H14F6O. The number of benzene rings is 1. The minimum atomic E-state index is -4.29. The summed E-state index contributed by atoms with van der Waals surface area (Å²) in [5.41, 5.74) is -0.110. The molecule has 1 nitrogen and oxygen atoms in total. The van der Waals surface area contributed by atoms with E-state index in [-0.39, 0.29) is 13.0 Å². The van der Waals surface area contributed by atoms with E-state index in [0.29, 0.717) is 5.56 Å². The molecule has 0 aliphatic heterocycles. The van der Waals surface area contributed by atoms with Crippen LogP contribution in [0.3, 0.4) is 0 Å². The molecule has 0 saturated carbocycles. The molecule has 1 aromatic carbocycles. The molecule has 0 aromatic heterocycles. The highest BCUT2D eigenvalue weighted by Gasteiger charge is 2.30. The van der Waals surface area contributed by atoms with E-state index in [1.807, 2.05) is 0 Å². The van der Waals surface area contributed by atoms with Gasteiger partial charge in [0.25, 0.3) is 0 Å². The number of rotatable bonds is 2. The average molecular weight is 288 g/mol. The van der Waals surface area contributed by atoms with E-state index < -0.39 is 17.9 Å². The van der Waals surface area contributed by atoms with Gasteiger partial charge in [-0.3, -0.25) is 0 Å². The van der Waals surface area contributed by atoms with Gasteiger partial charge in [0.05, 0.1) is 11.7 Å². The lowest BCUT2D eigenvalue weighted by Gasteiger charge is -2.12. The molecular weight excluding hydrogens is 274 g/mol. The summed E-state index contributed by atoms with van der Waals surface area (Å²) in [7, 11) is 1.46. The summed E-state index contributed by atoms with van der Waals surface area (Å²) in [4.78, 5) is 0. The maximum Gasteiger partial charge on any atom is 0.416 e. The summed E-state index contributed by atoms with van der Waals surface area (Å²) in [5, 5.41) is 0. The van der Waals surface area contributed by atoms with E-state index in [2.05, 4.69) is 0 Å². The third kappa shape index (κ3) is 8.47. The van der Waals surface area contributed by atoms with Crippen LogP contribution in [-0.4, -0.2) is 13.3 Å². The van der Waals surface area contributed by atoms with Crippen LogP contribution in [0, 0.1) is 0 Å². The molecule has 7 heteroatoms. The lowest BCUT2D eigenvalue weighted by molar-refractivity contribution is -0.137. The molecule has 19 heavy (non-hydrogen) atoms. The second-order valence-corrected chi connectivity index (χ2v) is 3.78. The molecule has 0 bridgehead atoms. The van der Waals surface area contributed by atoms with Gasteiger partial charge in [-0.25, -0.2) is 0 Å². The molecule has 0 aliphatic rings. The van der Waals surface area contributed by atoms with Gasteiger partial charge in [-0.05, 0) is 24.6 Å². The van der Waals surface area contributed by atoms with Gasteiger partial charge >= 0.3 is 12.4 Å². The molecule has 0 aliphatic carbocycles. The summed E-state index contributed by atoms with van der Waals surface area (Å²) in [6, 6.07) is 5.15. The number of alkyl halides is 6. The zero-order chi connectivity index (χ0) is 15.3. The maximum atomic E-state index is 12.3. The van der Waals surface area contributed by atoms with E-state index in [1.165, 1.54) is 13.2 Å². The van der Waals surface area contributed by atoms with Crippen molar-refractivity contribution in [2.75, 3.05) is 7.11 Å². The van der Waals surface area contributed by atoms with Crippen LogP contribution in [0.2, 0.25) is 0 Å². The van der Waals surface area contributed by atoms with Gasteiger partial charge in [0.1, 0.15) is 0 Å². The highest BCUT2D eigenvalue weighted by Crippen LogP contribution is 2.31. The van der Waals surface area contributed by atoms with Gasteiger partial charge in [-0.15, -0.1) is 0 Å². The summed E-state index contributed by atoms with van der Waals surface area (Å²) >= 11 is 0. The van der Waals surface area contributed by atoms with Gasteiger partial charge in [0.15, 0.2) is 0 Å². The van der Waals surface area contributed by atoms with Crippen molar-refractivity contribution in [1.82, 2.24) is 0 Å². The molecule has 0 saturated heterocycles. The topological polar surface area (TPSA) is 9.23 Å². The second kappa shape index (κ2) is 6.79. The van der Waals surface area contributed by atoms with Crippen molar-refractivity contribution in [2.45, 2.75) is 32.3 Å². The third-order valence-corrected chi connectivity index (χ3v) is 2.04. The predicted octanol–water partition coefficient (Wildman–Crippen LogP) is 4.98. The van der Waals surface area contributed by atoms with Crippen molar-refractivity contribution in [3.8, 4) is 0 Å². The standard InChI is InChI=1S/C10H11F3O.C2H3F3/c1-7(14-2)8-4-3-5-9(6-8)10(11,12)13;1-2(3,4)5/h3-7H,1-2H3;1H3. The Labute approximate surface area is 107 Å². The molecule has 0 N–H and O–H groups in total. The van der Waals surface area contributed by atoms with Crippen LogP contribution in [0.1, 0.15) is 31.1 Å². The fourth-order valence-electron chi connectivity index (χ4n) is 1.10. The maximum absolute atomic E-state index is 12.3. The van der Waals surface area contributed by atoms with Gasteiger partial charge in [0, 0.05) is 14.0 Å². The van der Waals surface area contributed by atoms with Crippen molar-refractivity contribution in [3.05, 3.63) is 35.4 Å². The number of methoxy groups -OCH3 is 1. The van der Waals surface area contributed by atoms with Gasteiger partial charge < -0.3 is 4.74 Å². The fourth-order valence-corrected chi connectivity index (χ4v) is 1.10. The number of ether oxygens (including phenoxy) is 1. The van der Waals surface area contributed by atoms with Crippen LogP contribution in [0.25, 0.3) is 0 Å². The second-order valence-electron chi connectivity index (χ2n) is 3.78. The first-order valence-corrected chi connectivity index (χ1v) is 5.22. The molecule has 1 unspecified atom stereocenters. The summed E-state index contributed by atoms with van der Waals surface area (Å²) in [6.45, 7) is 1.89. The highest BCUT2D eigenvalue weighted by atomic mass is 19.4. The Kier molecular flexibility index (Phi) is 6.35. The van der Waals surface area contributed by atoms with Gasteiger partial charge in [0.2, 0.25) is 0 Å². The first-order chi connectivity index (χ1) is 8.45. The van der Waals surface area contributed by atoms with Crippen LogP contribution in [0.4, 0.5) is 26.3 Å². The molecule has 1 aromatic rings. The van der Waals surface area contributed by atoms with Crippen molar-refractivity contribution in [1.29, 1.82) is 0 Å². The minimum absolute atomic E-state index is 0.188. The summed E-state index contributed by atoms with van der Waals surface area (Å²) in [5.74, 6) is 0. The monoisotopic (exact) mass is 288 g/mol. The van der Waals surface area contributed by atoms with Crippen LogP contribution in [-0.2, 0) is 10.9 Å². The predicted molar refractivity (Wildman–Crippen MR) is 58.6 cm³/mol. The Morgan fingerprint density at radius 1 is 1.05 bits per heavy atom. The number of halogens is 6. The smallest absolute Gasteiger partial charge is 0.377 e. The Morgan fingerprint density at radius 3 is 1.89 bits per heavy atom. The van der Waals surface area contributed by atoms with Crippen molar-refractivity contribution >= 4 is 0 Å². The Bertz CT molecular complexity index is 377. The highest BCUT2D eigenvalue weighted by molar-refractivity contribution is 5.26. The Morgan fingerprint density at radius 2 is 1.53 bits per heavy atom. The first kappa shape index (κ1) is 17.8. The van der Waals surface area contributed by atoms with Crippen LogP contribution in [0.15, 0.2) is 24.3 Å². The third-order valence-electron chi connectivity index (χ3n) is 2.04.